The van der Waals surface area contributed by atoms with Crippen LogP contribution in [-0.2, 0) is 4.74 Å². The molecule has 30 heavy (non-hydrogen) atoms. The molecule has 1 saturated heterocycles. The molecule has 5 heteroatoms. The Labute approximate surface area is 185 Å². The van der Waals surface area contributed by atoms with Gasteiger partial charge in [-0.2, -0.15) is 0 Å². The maximum Gasteiger partial charge on any atom is 0.319 e. The van der Waals surface area contributed by atoms with Gasteiger partial charge in [0.15, 0.2) is 0 Å². The van der Waals surface area contributed by atoms with Crippen LogP contribution >= 0.6 is 0 Å². The molecule has 3 aromatic carbocycles. The van der Waals surface area contributed by atoms with Crippen LogP contribution in [-0.4, -0.2) is 38.6 Å². The normalized spacial score (nSPS) is 15.8. The molecule has 3 nitrogen and oxygen atoms in total. The second-order valence-corrected chi connectivity index (χ2v) is 12.7. The van der Waals surface area contributed by atoms with Crippen molar-refractivity contribution in [1.29, 1.82) is 0 Å². The Morgan fingerprint density at radius 3 is 1.70 bits per heavy atom. The lowest BCUT2D eigenvalue weighted by Gasteiger charge is -2.43. The molecule has 1 aliphatic heterocycles. The lowest BCUT2D eigenvalue weighted by Crippen LogP contribution is -2.68. The Morgan fingerprint density at radius 2 is 1.27 bits per heavy atom. The highest BCUT2D eigenvalue weighted by Crippen LogP contribution is 2.37. The van der Waals surface area contributed by atoms with Gasteiger partial charge in [-0.15, -0.1) is 0 Å². The second kappa shape index (κ2) is 9.20. The summed E-state index contributed by atoms with van der Waals surface area (Å²) in [5.41, 5.74) is 0. The predicted molar refractivity (Wildman–Crippen MR) is 131 cm³/mol. The zero-order valence-corrected chi connectivity index (χ0v) is 18.3. The first kappa shape index (κ1) is 22.3. The Kier molecular flexibility index (Phi) is 6.86. The molecular formula is C25H32O3Si2. The SMILES string of the molecule is CC(C)(C)[Si](Oc1ccc(OCC2CO2)cc1)(c1ccccc1)c1ccccc1.[SiH4]. The summed E-state index contributed by atoms with van der Waals surface area (Å²) >= 11 is 0. The quantitative estimate of drug-likeness (QED) is 0.421. The first-order chi connectivity index (χ1) is 14.0. The van der Waals surface area contributed by atoms with Crippen molar-refractivity contribution in [2.45, 2.75) is 31.9 Å². The summed E-state index contributed by atoms with van der Waals surface area (Å²) in [5.74, 6) is 1.71. The Bertz CT molecular complexity index is 879. The number of benzene rings is 3. The lowest BCUT2D eigenvalue weighted by atomic mass is 10.2. The van der Waals surface area contributed by atoms with Gasteiger partial charge in [-0.1, -0.05) is 81.4 Å². The fourth-order valence-corrected chi connectivity index (χ4v) is 8.20. The van der Waals surface area contributed by atoms with E-state index in [4.69, 9.17) is 13.9 Å². The van der Waals surface area contributed by atoms with E-state index in [0.29, 0.717) is 6.61 Å². The van der Waals surface area contributed by atoms with Crippen LogP contribution in [0.3, 0.4) is 0 Å². The summed E-state index contributed by atoms with van der Waals surface area (Å²) in [7, 11) is -2.59. The summed E-state index contributed by atoms with van der Waals surface area (Å²) in [6.45, 7) is 8.26. The van der Waals surface area contributed by atoms with E-state index in [9.17, 15) is 0 Å². The van der Waals surface area contributed by atoms with Gasteiger partial charge in [-0.3, -0.25) is 0 Å². The Morgan fingerprint density at radius 1 is 0.800 bits per heavy atom. The fraction of sp³-hybridized carbons (Fsp3) is 0.280. The monoisotopic (exact) mass is 436 g/mol. The van der Waals surface area contributed by atoms with Crippen molar-refractivity contribution in [2.24, 2.45) is 0 Å². The topological polar surface area (TPSA) is 31.0 Å². The van der Waals surface area contributed by atoms with E-state index in [1.54, 1.807) is 0 Å². The Balaban J connectivity index is 0.00000256. The van der Waals surface area contributed by atoms with Crippen molar-refractivity contribution in [1.82, 2.24) is 0 Å². The molecule has 1 heterocycles. The van der Waals surface area contributed by atoms with Crippen LogP contribution in [0.4, 0.5) is 0 Å². The van der Waals surface area contributed by atoms with Gasteiger partial charge < -0.3 is 13.9 Å². The zero-order valence-electron chi connectivity index (χ0n) is 17.3. The summed E-state index contributed by atoms with van der Waals surface area (Å²) < 4.78 is 18.0. The zero-order chi connectivity index (χ0) is 20.3. The number of hydrogen-bond donors (Lipinski definition) is 0. The molecule has 4 rings (SSSR count). The van der Waals surface area contributed by atoms with Gasteiger partial charge in [-0.05, 0) is 50.6 Å². The van der Waals surface area contributed by atoms with Gasteiger partial charge in [0.1, 0.15) is 24.2 Å². The molecule has 0 aromatic heterocycles. The van der Waals surface area contributed by atoms with Crippen molar-refractivity contribution >= 4 is 29.7 Å². The van der Waals surface area contributed by atoms with Crippen molar-refractivity contribution in [3.8, 4) is 11.5 Å². The molecule has 158 valence electrons. The maximum absolute atomic E-state index is 6.99. The highest BCUT2D eigenvalue weighted by molar-refractivity contribution is 7.00. The van der Waals surface area contributed by atoms with Gasteiger partial charge in [0.2, 0.25) is 0 Å². The van der Waals surface area contributed by atoms with E-state index in [2.05, 4.69) is 81.4 Å². The number of epoxide rings is 1. The molecule has 1 unspecified atom stereocenters. The summed E-state index contributed by atoms with van der Waals surface area (Å²) in [6, 6.07) is 29.4. The number of rotatable bonds is 7. The van der Waals surface area contributed by atoms with Gasteiger partial charge in [-0.25, -0.2) is 0 Å². The van der Waals surface area contributed by atoms with Crippen LogP contribution in [0, 0.1) is 0 Å². The third-order valence-electron chi connectivity index (χ3n) is 5.35. The molecular weight excluding hydrogens is 404 g/mol. The van der Waals surface area contributed by atoms with Crippen molar-refractivity contribution in [2.75, 3.05) is 13.2 Å². The van der Waals surface area contributed by atoms with Crippen molar-refractivity contribution < 1.29 is 13.9 Å². The van der Waals surface area contributed by atoms with Crippen LogP contribution in [0.5, 0.6) is 11.5 Å². The van der Waals surface area contributed by atoms with Gasteiger partial charge in [0.25, 0.3) is 0 Å². The van der Waals surface area contributed by atoms with E-state index < -0.39 is 8.32 Å². The van der Waals surface area contributed by atoms with Gasteiger partial charge in [0, 0.05) is 0 Å². The molecule has 0 spiro atoms. The average molecular weight is 437 g/mol. The van der Waals surface area contributed by atoms with E-state index >= 15 is 0 Å². The summed E-state index contributed by atoms with van der Waals surface area (Å²) in [4.78, 5) is 0. The first-order valence-electron chi connectivity index (χ1n) is 10.1. The van der Waals surface area contributed by atoms with Gasteiger partial charge >= 0.3 is 8.32 Å². The number of ether oxygens (including phenoxy) is 2. The molecule has 0 N–H and O–H groups in total. The maximum atomic E-state index is 6.99. The molecule has 0 amide bonds. The fourth-order valence-electron chi connectivity index (χ4n) is 3.78. The molecule has 1 fully saturated rings. The number of hydrogen-bond acceptors (Lipinski definition) is 3. The smallest absolute Gasteiger partial charge is 0.319 e. The molecule has 0 radical (unpaired) electrons. The Hall–Kier alpha value is -2.35. The van der Waals surface area contributed by atoms with Crippen LogP contribution in [0.2, 0.25) is 5.04 Å². The average Bonchev–Trinajstić information content (AvgIpc) is 3.56. The molecule has 0 bridgehead atoms. The largest absolute Gasteiger partial charge is 0.534 e. The van der Waals surface area contributed by atoms with Crippen LogP contribution in [0.1, 0.15) is 20.8 Å². The minimum absolute atomic E-state index is 0. The van der Waals surface area contributed by atoms with E-state index in [-0.39, 0.29) is 22.1 Å². The van der Waals surface area contributed by atoms with Crippen LogP contribution in [0.15, 0.2) is 84.9 Å². The minimum Gasteiger partial charge on any atom is -0.534 e. The second-order valence-electron chi connectivity index (χ2n) is 8.50. The molecule has 0 saturated carbocycles. The highest BCUT2D eigenvalue weighted by atomic mass is 28.4. The summed E-state index contributed by atoms with van der Waals surface area (Å²) in [6.07, 6.45) is 0.253. The lowest BCUT2D eigenvalue weighted by molar-refractivity contribution is 0.263. The predicted octanol–water partition coefficient (Wildman–Crippen LogP) is 2.95. The van der Waals surface area contributed by atoms with E-state index in [1.807, 2.05) is 24.3 Å². The van der Waals surface area contributed by atoms with Crippen molar-refractivity contribution in [3.05, 3.63) is 84.9 Å². The van der Waals surface area contributed by atoms with Crippen LogP contribution < -0.4 is 19.5 Å². The van der Waals surface area contributed by atoms with Crippen LogP contribution in [0.25, 0.3) is 0 Å². The summed E-state index contributed by atoms with van der Waals surface area (Å²) in [5, 5.41) is 2.48. The molecule has 1 atom stereocenters. The minimum atomic E-state index is -2.59. The third-order valence-corrected chi connectivity index (χ3v) is 10.3. The molecule has 0 aliphatic carbocycles. The highest BCUT2D eigenvalue weighted by Gasteiger charge is 2.52. The van der Waals surface area contributed by atoms with E-state index in [1.165, 1.54) is 10.4 Å². The standard InChI is InChI=1S/C25H28O3Si.H4Si/c1-25(2,3)29(23-10-6-4-7-11-23,24-12-8-5-9-13-24)28-21-16-14-20(15-17-21)26-18-22-19-27-22;/h4-17,22H,18-19H2,1-3H3;1H4. The van der Waals surface area contributed by atoms with E-state index in [0.717, 1.165) is 18.1 Å². The molecule has 1 aliphatic rings. The first-order valence-corrected chi connectivity index (χ1v) is 12.0. The van der Waals surface area contributed by atoms with Gasteiger partial charge in [0.05, 0.1) is 6.61 Å². The van der Waals surface area contributed by atoms with Crippen molar-refractivity contribution in [3.63, 3.8) is 0 Å². The third kappa shape index (κ3) is 4.69. The molecule has 3 aromatic rings.